The maximum Gasteiger partial charge on any atom is 0.272 e. The summed E-state index contributed by atoms with van der Waals surface area (Å²) in [6.07, 6.45) is 1.83. The summed E-state index contributed by atoms with van der Waals surface area (Å²) in [5.74, 6) is -0.574. The molecule has 2 N–H and O–H groups in total. The number of hydrogen-bond acceptors (Lipinski definition) is 4. The number of nitro groups is 1. The fourth-order valence-corrected chi connectivity index (χ4v) is 2.22. The highest BCUT2D eigenvalue weighted by molar-refractivity contribution is 5.50. The molecule has 0 spiro atoms. The Hall–Kier alpha value is -1.69. The van der Waals surface area contributed by atoms with Gasteiger partial charge in [0.2, 0.25) is 0 Å². The van der Waals surface area contributed by atoms with E-state index in [0.717, 1.165) is 25.5 Å². The summed E-state index contributed by atoms with van der Waals surface area (Å²) in [7, 11) is 0. The molecule has 1 aromatic carbocycles. The van der Waals surface area contributed by atoms with Crippen LogP contribution in [0.2, 0.25) is 0 Å². The number of benzene rings is 1. The fraction of sp³-hybridized carbons (Fsp3) is 0.500. The van der Waals surface area contributed by atoms with Crippen LogP contribution in [0.4, 0.5) is 15.8 Å². The first kappa shape index (κ1) is 12.8. The van der Waals surface area contributed by atoms with Gasteiger partial charge in [0.05, 0.1) is 16.7 Å². The molecule has 0 aliphatic carbocycles. The average Bonchev–Trinajstić information content (AvgIpc) is 2.31. The summed E-state index contributed by atoms with van der Waals surface area (Å²) in [4.78, 5) is 9.91. The summed E-state index contributed by atoms with van der Waals surface area (Å²) >= 11 is 0. The first-order chi connectivity index (χ1) is 8.56. The van der Waals surface area contributed by atoms with Crippen molar-refractivity contribution in [2.24, 2.45) is 0 Å². The van der Waals surface area contributed by atoms with Gasteiger partial charge in [0.15, 0.2) is 5.82 Å². The van der Waals surface area contributed by atoms with Crippen molar-refractivity contribution in [3.8, 4) is 0 Å². The number of nitrogens with zero attached hydrogens (tertiary/aromatic N) is 1. The summed E-state index contributed by atoms with van der Waals surface area (Å²) in [6.45, 7) is 2.98. The molecule has 2 atom stereocenters. The second-order valence-corrected chi connectivity index (χ2v) is 4.64. The van der Waals surface area contributed by atoms with Gasteiger partial charge in [-0.25, -0.2) is 4.39 Å². The standard InChI is InChI=1S/C12H16FN3O2/c1-8-6-9(4-5-14-8)15-12-3-2-10(16(17)18)7-11(12)13/h2-3,7-9,14-15H,4-6H2,1H3. The first-order valence-electron chi connectivity index (χ1n) is 6.00. The van der Waals surface area contributed by atoms with Gasteiger partial charge in [0, 0.05) is 18.2 Å². The van der Waals surface area contributed by atoms with Crippen LogP contribution in [0.25, 0.3) is 0 Å². The molecule has 2 rings (SSSR count). The largest absolute Gasteiger partial charge is 0.380 e. The molecule has 1 saturated heterocycles. The fourth-order valence-electron chi connectivity index (χ4n) is 2.22. The zero-order valence-electron chi connectivity index (χ0n) is 10.1. The van der Waals surface area contributed by atoms with Crippen LogP contribution in [0.3, 0.4) is 0 Å². The Morgan fingerprint density at radius 1 is 1.56 bits per heavy atom. The lowest BCUT2D eigenvalue weighted by Gasteiger charge is -2.29. The molecule has 1 aliphatic heterocycles. The van der Waals surface area contributed by atoms with Crippen molar-refractivity contribution < 1.29 is 9.31 Å². The number of non-ortho nitro benzene ring substituents is 1. The Labute approximate surface area is 105 Å². The predicted octanol–water partition coefficient (Wildman–Crippen LogP) is 2.29. The second kappa shape index (κ2) is 5.30. The minimum atomic E-state index is -0.598. The highest BCUT2D eigenvalue weighted by Crippen LogP contribution is 2.23. The number of nitrogens with one attached hydrogen (secondary N) is 2. The zero-order chi connectivity index (χ0) is 13.1. The molecule has 0 radical (unpaired) electrons. The molecule has 1 aliphatic rings. The van der Waals surface area contributed by atoms with Crippen LogP contribution in [0, 0.1) is 15.9 Å². The third kappa shape index (κ3) is 2.95. The molecule has 6 heteroatoms. The SMILES string of the molecule is CC1CC(Nc2ccc([N+](=O)[O-])cc2F)CCN1. The summed E-state index contributed by atoms with van der Waals surface area (Å²) in [5, 5.41) is 16.9. The van der Waals surface area contributed by atoms with Gasteiger partial charge in [0.1, 0.15) is 0 Å². The number of halogens is 1. The molecule has 18 heavy (non-hydrogen) atoms. The van der Waals surface area contributed by atoms with Gasteiger partial charge in [-0.05, 0) is 32.4 Å². The highest BCUT2D eigenvalue weighted by atomic mass is 19.1. The van der Waals surface area contributed by atoms with E-state index < -0.39 is 10.7 Å². The third-order valence-corrected chi connectivity index (χ3v) is 3.15. The van der Waals surface area contributed by atoms with E-state index in [1.165, 1.54) is 12.1 Å². The molecule has 0 bridgehead atoms. The van der Waals surface area contributed by atoms with Gasteiger partial charge < -0.3 is 10.6 Å². The van der Waals surface area contributed by atoms with Crippen molar-refractivity contribution in [2.45, 2.75) is 31.8 Å². The van der Waals surface area contributed by atoms with Crippen LogP contribution < -0.4 is 10.6 Å². The van der Waals surface area contributed by atoms with E-state index in [1.807, 2.05) is 0 Å². The normalized spacial score (nSPS) is 23.7. The van der Waals surface area contributed by atoms with Gasteiger partial charge in [-0.15, -0.1) is 0 Å². The van der Waals surface area contributed by atoms with Gasteiger partial charge in [0.25, 0.3) is 5.69 Å². The van der Waals surface area contributed by atoms with Crippen molar-refractivity contribution in [1.82, 2.24) is 5.32 Å². The van der Waals surface area contributed by atoms with E-state index >= 15 is 0 Å². The van der Waals surface area contributed by atoms with E-state index in [9.17, 15) is 14.5 Å². The van der Waals surface area contributed by atoms with Crippen LogP contribution >= 0.6 is 0 Å². The van der Waals surface area contributed by atoms with E-state index in [0.29, 0.717) is 11.7 Å². The number of nitro benzene ring substituents is 1. The van der Waals surface area contributed by atoms with Gasteiger partial charge in [-0.3, -0.25) is 10.1 Å². The van der Waals surface area contributed by atoms with Crippen LogP contribution in [0.1, 0.15) is 19.8 Å². The molecule has 0 amide bonds. The third-order valence-electron chi connectivity index (χ3n) is 3.15. The van der Waals surface area contributed by atoms with Crippen molar-refractivity contribution in [2.75, 3.05) is 11.9 Å². The number of piperidine rings is 1. The Kier molecular flexibility index (Phi) is 3.76. The Bertz CT molecular complexity index is 453. The Morgan fingerprint density at radius 2 is 2.33 bits per heavy atom. The summed E-state index contributed by atoms with van der Waals surface area (Å²) < 4.78 is 13.7. The quantitative estimate of drug-likeness (QED) is 0.640. The van der Waals surface area contributed by atoms with E-state index in [2.05, 4.69) is 17.6 Å². The lowest BCUT2D eigenvalue weighted by molar-refractivity contribution is -0.385. The predicted molar refractivity (Wildman–Crippen MR) is 67.2 cm³/mol. The lowest BCUT2D eigenvalue weighted by atomic mass is 10.0. The number of hydrogen-bond donors (Lipinski definition) is 2. The zero-order valence-corrected chi connectivity index (χ0v) is 10.1. The molecule has 1 fully saturated rings. The van der Waals surface area contributed by atoms with Crippen LogP contribution in [0.5, 0.6) is 0 Å². The monoisotopic (exact) mass is 253 g/mol. The molecule has 5 nitrogen and oxygen atoms in total. The highest BCUT2D eigenvalue weighted by Gasteiger charge is 2.19. The second-order valence-electron chi connectivity index (χ2n) is 4.64. The van der Waals surface area contributed by atoms with Gasteiger partial charge in [-0.1, -0.05) is 0 Å². The van der Waals surface area contributed by atoms with Gasteiger partial charge >= 0.3 is 0 Å². The van der Waals surface area contributed by atoms with E-state index in [1.54, 1.807) is 0 Å². The smallest absolute Gasteiger partial charge is 0.272 e. The minimum absolute atomic E-state index is 0.206. The Morgan fingerprint density at radius 3 is 2.94 bits per heavy atom. The van der Waals surface area contributed by atoms with Crippen LogP contribution in [-0.4, -0.2) is 23.6 Å². The number of anilines is 1. The van der Waals surface area contributed by atoms with Crippen molar-refractivity contribution >= 4 is 11.4 Å². The number of rotatable bonds is 3. The van der Waals surface area contributed by atoms with E-state index in [-0.39, 0.29) is 11.7 Å². The molecule has 2 unspecified atom stereocenters. The minimum Gasteiger partial charge on any atom is -0.380 e. The maximum atomic E-state index is 13.7. The average molecular weight is 253 g/mol. The van der Waals surface area contributed by atoms with Crippen LogP contribution in [-0.2, 0) is 0 Å². The maximum absolute atomic E-state index is 13.7. The Balaban J connectivity index is 2.07. The molecule has 1 aromatic rings. The van der Waals surface area contributed by atoms with Crippen molar-refractivity contribution in [3.05, 3.63) is 34.1 Å². The van der Waals surface area contributed by atoms with E-state index in [4.69, 9.17) is 0 Å². The first-order valence-corrected chi connectivity index (χ1v) is 6.00. The topological polar surface area (TPSA) is 67.2 Å². The molecular formula is C12H16FN3O2. The van der Waals surface area contributed by atoms with Gasteiger partial charge in [-0.2, -0.15) is 0 Å². The lowest BCUT2D eigenvalue weighted by Crippen LogP contribution is -2.41. The van der Waals surface area contributed by atoms with Crippen molar-refractivity contribution in [1.29, 1.82) is 0 Å². The molecule has 1 heterocycles. The molecular weight excluding hydrogens is 237 g/mol. The summed E-state index contributed by atoms with van der Waals surface area (Å²) in [5.41, 5.74) is 0.108. The molecule has 0 saturated carbocycles. The molecule has 0 aromatic heterocycles. The van der Waals surface area contributed by atoms with Crippen molar-refractivity contribution in [3.63, 3.8) is 0 Å². The van der Waals surface area contributed by atoms with Crippen LogP contribution in [0.15, 0.2) is 18.2 Å². The summed E-state index contributed by atoms with van der Waals surface area (Å²) in [6, 6.07) is 4.30. The molecule has 98 valence electrons.